The first-order valence-corrected chi connectivity index (χ1v) is 4.28. The molecule has 3 unspecified atom stereocenters. The highest BCUT2D eigenvalue weighted by molar-refractivity contribution is 4.92. The van der Waals surface area contributed by atoms with Crippen molar-refractivity contribution in [2.45, 2.75) is 37.6 Å². The lowest BCUT2D eigenvalue weighted by atomic mass is 9.98. The van der Waals surface area contributed by atoms with Crippen molar-refractivity contribution in [3.63, 3.8) is 0 Å². The Labute approximate surface area is 67.2 Å². The second-order valence-corrected chi connectivity index (χ2v) is 3.27. The summed E-state index contributed by atoms with van der Waals surface area (Å²) in [6, 6.07) is 0. The molecule has 0 radical (unpaired) electrons. The predicted molar refractivity (Wildman–Crippen MR) is 42.4 cm³/mol. The van der Waals surface area contributed by atoms with Crippen molar-refractivity contribution in [3.05, 3.63) is 12.7 Å². The van der Waals surface area contributed by atoms with E-state index in [0.29, 0.717) is 24.9 Å². The zero-order valence-corrected chi connectivity index (χ0v) is 6.66. The third kappa shape index (κ3) is 1.63. The van der Waals surface area contributed by atoms with Gasteiger partial charge in [0.25, 0.3) is 0 Å². The lowest BCUT2D eigenvalue weighted by Crippen LogP contribution is -2.21. The third-order valence-corrected chi connectivity index (χ3v) is 2.41. The molecule has 0 N–H and O–H groups in total. The molecule has 2 fully saturated rings. The SMILES string of the molecule is C=CCOC1CCC2OC2C1. The summed E-state index contributed by atoms with van der Waals surface area (Å²) in [6.07, 6.45) is 6.79. The Morgan fingerprint density at radius 1 is 1.45 bits per heavy atom. The Morgan fingerprint density at radius 2 is 2.36 bits per heavy atom. The summed E-state index contributed by atoms with van der Waals surface area (Å²) >= 11 is 0. The molecule has 1 heterocycles. The molecule has 0 spiro atoms. The number of epoxide rings is 1. The lowest BCUT2D eigenvalue weighted by molar-refractivity contribution is 0.0519. The Hall–Kier alpha value is -0.340. The summed E-state index contributed by atoms with van der Waals surface area (Å²) in [7, 11) is 0. The van der Waals surface area contributed by atoms with Crippen LogP contribution < -0.4 is 0 Å². The van der Waals surface area contributed by atoms with Crippen molar-refractivity contribution >= 4 is 0 Å². The molecule has 2 nitrogen and oxygen atoms in total. The van der Waals surface area contributed by atoms with E-state index >= 15 is 0 Å². The molecule has 3 atom stereocenters. The smallest absolute Gasteiger partial charge is 0.0866 e. The average Bonchev–Trinajstić information content (AvgIpc) is 2.78. The van der Waals surface area contributed by atoms with Gasteiger partial charge >= 0.3 is 0 Å². The summed E-state index contributed by atoms with van der Waals surface area (Å²) in [6.45, 7) is 4.30. The number of rotatable bonds is 3. The topological polar surface area (TPSA) is 21.8 Å². The normalized spacial score (nSPS) is 41.3. The van der Waals surface area contributed by atoms with Gasteiger partial charge in [-0.15, -0.1) is 6.58 Å². The van der Waals surface area contributed by atoms with Crippen molar-refractivity contribution in [2.75, 3.05) is 6.61 Å². The highest BCUT2D eigenvalue weighted by Gasteiger charge is 2.44. The first-order valence-electron chi connectivity index (χ1n) is 4.28. The predicted octanol–water partition coefficient (Wildman–Crippen LogP) is 1.51. The van der Waals surface area contributed by atoms with Crippen LogP contribution >= 0.6 is 0 Å². The van der Waals surface area contributed by atoms with Crippen molar-refractivity contribution in [1.82, 2.24) is 0 Å². The van der Waals surface area contributed by atoms with Gasteiger partial charge in [-0.2, -0.15) is 0 Å². The van der Waals surface area contributed by atoms with Crippen molar-refractivity contribution in [3.8, 4) is 0 Å². The molecule has 0 bridgehead atoms. The van der Waals surface area contributed by atoms with Gasteiger partial charge in [0.1, 0.15) is 0 Å². The van der Waals surface area contributed by atoms with Gasteiger partial charge in [0, 0.05) is 6.42 Å². The molecular weight excluding hydrogens is 140 g/mol. The molecule has 0 amide bonds. The Bertz CT molecular complexity index is 156. The van der Waals surface area contributed by atoms with Gasteiger partial charge in [-0.25, -0.2) is 0 Å². The van der Waals surface area contributed by atoms with Crippen LogP contribution in [0.15, 0.2) is 12.7 Å². The molecular formula is C9H14O2. The van der Waals surface area contributed by atoms with Crippen LogP contribution in [0.5, 0.6) is 0 Å². The molecule has 0 aromatic heterocycles. The van der Waals surface area contributed by atoms with Crippen LogP contribution in [0.4, 0.5) is 0 Å². The Balaban J connectivity index is 1.72. The van der Waals surface area contributed by atoms with Gasteiger partial charge in [0.05, 0.1) is 24.9 Å². The van der Waals surface area contributed by atoms with Crippen molar-refractivity contribution in [2.24, 2.45) is 0 Å². The summed E-state index contributed by atoms with van der Waals surface area (Å²) in [4.78, 5) is 0. The Morgan fingerprint density at radius 3 is 3.09 bits per heavy atom. The number of hydrogen-bond acceptors (Lipinski definition) is 2. The monoisotopic (exact) mass is 154 g/mol. The van der Waals surface area contributed by atoms with Crippen LogP contribution in [0.2, 0.25) is 0 Å². The zero-order chi connectivity index (χ0) is 7.68. The first-order chi connectivity index (χ1) is 5.40. The summed E-state index contributed by atoms with van der Waals surface area (Å²) < 4.78 is 10.9. The molecule has 1 saturated carbocycles. The van der Waals surface area contributed by atoms with E-state index in [1.165, 1.54) is 6.42 Å². The standard InChI is InChI=1S/C9H14O2/c1-2-5-10-7-3-4-8-9(6-7)11-8/h2,7-9H,1,3-6H2. The summed E-state index contributed by atoms with van der Waals surface area (Å²) in [5.41, 5.74) is 0. The minimum absolute atomic E-state index is 0.428. The van der Waals surface area contributed by atoms with Crippen LogP contribution in [0.25, 0.3) is 0 Å². The molecule has 1 aliphatic heterocycles. The molecule has 0 aromatic rings. The molecule has 2 aliphatic rings. The van der Waals surface area contributed by atoms with E-state index in [9.17, 15) is 0 Å². The number of fused-ring (bicyclic) bond motifs is 1. The second-order valence-electron chi connectivity index (χ2n) is 3.27. The second kappa shape index (κ2) is 2.95. The van der Waals surface area contributed by atoms with E-state index in [-0.39, 0.29) is 0 Å². The fraction of sp³-hybridized carbons (Fsp3) is 0.778. The maximum Gasteiger partial charge on any atom is 0.0866 e. The van der Waals surface area contributed by atoms with E-state index in [1.807, 2.05) is 0 Å². The molecule has 2 heteroatoms. The number of hydrogen-bond donors (Lipinski definition) is 0. The van der Waals surface area contributed by atoms with Crippen LogP contribution in [0, 0.1) is 0 Å². The van der Waals surface area contributed by atoms with E-state index in [2.05, 4.69) is 6.58 Å². The van der Waals surface area contributed by atoms with Crippen LogP contribution in [-0.2, 0) is 9.47 Å². The highest BCUT2D eigenvalue weighted by Crippen LogP contribution is 2.37. The van der Waals surface area contributed by atoms with Gasteiger partial charge in [0.15, 0.2) is 0 Å². The van der Waals surface area contributed by atoms with Gasteiger partial charge in [-0.3, -0.25) is 0 Å². The summed E-state index contributed by atoms with van der Waals surface area (Å²) in [5.74, 6) is 0. The number of ether oxygens (including phenoxy) is 2. The maximum absolute atomic E-state index is 5.53. The molecule has 62 valence electrons. The van der Waals surface area contributed by atoms with Crippen LogP contribution in [0.3, 0.4) is 0 Å². The van der Waals surface area contributed by atoms with Crippen molar-refractivity contribution < 1.29 is 9.47 Å². The Kier molecular flexibility index (Phi) is 1.96. The van der Waals surface area contributed by atoms with E-state index < -0.39 is 0 Å². The lowest BCUT2D eigenvalue weighted by Gasteiger charge is -2.18. The molecule has 2 rings (SSSR count). The van der Waals surface area contributed by atoms with E-state index in [4.69, 9.17) is 9.47 Å². The first kappa shape index (κ1) is 7.32. The molecule has 11 heavy (non-hydrogen) atoms. The van der Waals surface area contributed by atoms with E-state index in [0.717, 1.165) is 12.8 Å². The van der Waals surface area contributed by atoms with E-state index in [1.54, 1.807) is 6.08 Å². The highest BCUT2D eigenvalue weighted by atomic mass is 16.6. The van der Waals surface area contributed by atoms with Crippen molar-refractivity contribution in [1.29, 1.82) is 0 Å². The zero-order valence-electron chi connectivity index (χ0n) is 6.66. The maximum atomic E-state index is 5.53. The van der Waals surface area contributed by atoms with Gasteiger partial charge in [0.2, 0.25) is 0 Å². The van der Waals surface area contributed by atoms with Gasteiger partial charge in [-0.05, 0) is 12.8 Å². The largest absolute Gasteiger partial charge is 0.374 e. The molecule has 1 saturated heterocycles. The van der Waals surface area contributed by atoms with Crippen LogP contribution in [-0.4, -0.2) is 24.9 Å². The quantitative estimate of drug-likeness (QED) is 0.454. The molecule has 1 aliphatic carbocycles. The molecule has 0 aromatic carbocycles. The fourth-order valence-corrected chi connectivity index (χ4v) is 1.72. The van der Waals surface area contributed by atoms with Gasteiger partial charge in [-0.1, -0.05) is 6.08 Å². The van der Waals surface area contributed by atoms with Gasteiger partial charge < -0.3 is 9.47 Å². The van der Waals surface area contributed by atoms with Crippen LogP contribution in [0.1, 0.15) is 19.3 Å². The fourth-order valence-electron chi connectivity index (χ4n) is 1.72. The summed E-state index contributed by atoms with van der Waals surface area (Å²) in [5, 5.41) is 0. The third-order valence-electron chi connectivity index (χ3n) is 2.41. The minimum Gasteiger partial charge on any atom is -0.374 e. The minimum atomic E-state index is 0.428. The average molecular weight is 154 g/mol.